The molecule has 1 amide bonds. The van der Waals surface area contributed by atoms with Crippen molar-refractivity contribution in [3.8, 4) is 5.75 Å². The molecule has 0 heterocycles. The fourth-order valence-corrected chi connectivity index (χ4v) is 2.11. The highest BCUT2D eigenvalue weighted by Gasteiger charge is 2.10. The molecule has 0 saturated carbocycles. The lowest BCUT2D eigenvalue weighted by Crippen LogP contribution is -2.34. The molecule has 0 fully saturated rings. The zero-order chi connectivity index (χ0) is 17.5. The summed E-state index contributed by atoms with van der Waals surface area (Å²) >= 11 is 5.07. The van der Waals surface area contributed by atoms with Crippen LogP contribution in [0.15, 0.2) is 48.5 Å². The number of nitro benzene ring substituents is 1. The van der Waals surface area contributed by atoms with Gasteiger partial charge in [0.2, 0.25) is 0 Å². The molecule has 2 aromatic rings. The van der Waals surface area contributed by atoms with Gasteiger partial charge in [-0.1, -0.05) is 6.07 Å². The second-order valence-electron chi connectivity index (χ2n) is 4.67. The predicted octanol–water partition coefficient (Wildman–Crippen LogP) is 3.12. The first kappa shape index (κ1) is 17.4. The van der Waals surface area contributed by atoms with Gasteiger partial charge in [0.1, 0.15) is 5.75 Å². The van der Waals surface area contributed by atoms with Gasteiger partial charge in [-0.2, -0.15) is 0 Å². The van der Waals surface area contributed by atoms with Crippen LogP contribution in [0.25, 0.3) is 0 Å². The van der Waals surface area contributed by atoms with Crippen LogP contribution in [0.5, 0.6) is 5.75 Å². The Morgan fingerprint density at radius 2 is 1.96 bits per heavy atom. The molecule has 0 aliphatic heterocycles. The molecule has 0 aliphatic carbocycles. The van der Waals surface area contributed by atoms with Crippen molar-refractivity contribution in [1.82, 2.24) is 5.32 Å². The number of nitro groups is 1. The van der Waals surface area contributed by atoms with Crippen LogP contribution in [-0.2, 0) is 0 Å². The number of nitrogens with zero attached hydrogens (tertiary/aromatic N) is 1. The minimum absolute atomic E-state index is 0.0248. The van der Waals surface area contributed by atoms with E-state index in [2.05, 4.69) is 10.6 Å². The fourth-order valence-electron chi connectivity index (χ4n) is 1.90. The molecule has 24 heavy (non-hydrogen) atoms. The minimum Gasteiger partial charge on any atom is -0.494 e. The molecule has 0 atom stereocenters. The van der Waals surface area contributed by atoms with Gasteiger partial charge in [0, 0.05) is 23.4 Å². The number of benzene rings is 2. The number of rotatable bonds is 5. The van der Waals surface area contributed by atoms with Crippen LogP contribution in [0.2, 0.25) is 0 Å². The molecule has 2 aromatic carbocycles. The van der Waals surface area contributed by atoms with E-state index in [1.54, 1.807) is 24.3 Å². The number of thiocarbonyl (C=S) groups is 1. The predicted molar refractivity (Wildman–Crippen MR) is 94.4 cm³/mol. The number of carbonyl (C=O) groups is 1. The largest absolute Gasteiger partial charge is 0.494 e. The average molecular weight is 345 g/mol. The Hall–Kier alpha value is -3.00. The summed E-state index contributed by atoms with van der Waals surface area (Å²) in [5.74, 6) is 0.218. The molecule has 0 aliphatic rings. The number of nitrogens with one attached hydrogen (secondary N) is 2. The van der Waals surface area contributed by atoms with E-state index in [-0.39, 0.29) is 16.7 Å². The van der Waals surface area contributed by atoms with Crippen molar-refractivity contribution in [1.29, 1.82) is 0 Å². The average Bonchev–Trinajstić information content (AvgIpc) is 2.55. The first-order chi connectivity index (χ1) is 11.5. The van der Waals surface area contributed by atoms with Gasteiger partial charge < -0.3 is 10.1 Å². The maximum atomic E-state index is 12.2. The van der Waals surface area contributed by atoms with E-state index in [0.29, 0.717) is 23.6 Å². The van der Waals surface area contributed by atoms with Crippen molar-refractivity contribution in [2.75, 3.05) is 11.9 Å². The van der Waals surface area contributed by atoms with E-state index in [1.165, 1.54) is 24.3 Å². The number of anilines is 1. The highest BCUT2D eigenvalue weighted by Crippen LogP contribution is 2.16. The van der Waals surface area contributed by atoms with E-state index in [4.69, 9.17) is 17.0 Å². The van der Waals surface area contributed by atoms with Gasteiger partial charge in [-0.3, -0.25) is 20.2 Å². The molecule has 0 bridgehead atoms. The summed E-state index contributed by atoms with van der Waals surface area (Å²) in [7, 11) is 0. The van der Waals surface area contributed by atoms with Crippen LogP contribution in [0.4, 0.5) is 11.4 Å². The Morgan fingerprint density at radius 1 is 1.25 bits per heavy atom. The minimum atomic E-state index is -0.491. The van der Waals surface area contributed by atoms with Crippen molar-refractivity contribution in [2.24, 2.45) is 0 Å². The quantitative estimate of drug-likeness (QED) is 0.491. The summed E-state index contributed by atoms with van der Waals surface area (Å²) < 4.78 is 5.34. The smallest absolute Gasteiger partial charge is 0.269 e. The summed E-state index contributed by atoms with van der Waals surface area (Å²) in [6.07, 6.45) is 0. The Kier molecular flexibility index (Phi) is 5.80. The van der Waals surface area contributed by atoms with Gasteiger partial charge in [0.25, 0.3) is 11.6 Å². The topological polar surface area (TPSA) is 93.5 Å². The van der Waals surface area contributed by atoms with E-state index in [0.717, 1.165) is 0 Å². The van der Waals surface area contributed by atoms with Crippen LogP contribution in [-0.4, -0.2) is 22.5 Å². The number of amides is 1. The molecular formula is C16H15N3O4S. The van der Waals surface area contributed by atoms with Crippen LogP contribution in [0, 0.1) is 10.1 Å². The summed E-state index contributed by atoms with van der Waals surface area (Å²) in [6, 6.07) is 12.4. The number of hydrogen-bond acceptors (Lipinski definition) is 5. The first-order valence-electron chi connectivity index (χ1n) is 7.09. The number of non-ortho nitro benzene ring substituents is 1. The van der Waals surface area contributed by atoms with Gasteiger partial charge in [0.15, 0.2) is 5.11 Å². The second-order valence-corrected chi connectivity index (χ2v) is 5.08. The summed E-state index contributed by atoms with van der Waals surface area (Å²) in [5, 5.41) is 16.0. The van der Waals surface area contributed by atoms with Crippen LogP contribution in [0.3, 0.4) is 0 Å². The molecule has 0 saturated heterocycles. The molecule has 2 N–H and O–H groups in total. The highest BCUT2D eigenvalue weighted by molar-refractivity contribution is 7.80. The van der Waals surface area contributed by atoms with E-state index < -0.39 is 4.92 Å². The summed E-state index contributed by atoms with van der Waals surface area (Å²) in [6.45, 7) is 2.36. The van der Waals surface area contributed by atoms with E-state index in [9.17, 15) is 14.9 Å². The molecule has 0 aromatic heterocycles. The maximum Gasteiger partial charge on any atom is 0.269 e. The van der Waals surface area contributed by atoms with E-state index >= 15 is 0 Å². The van der Waals surface area contributed by atoms with Crippen molar-refractivity contribution in [3.05, 3.63) is 64.2 Å². The fraction of sp³-hybridized carbons (Fsp3) is 0.125. The Morgan fingerprint density at radius 3 is 2.58 bits per heavy atom. The molecule has 8 heteroatoms. The molecule has 2 rings (SSSR count). The normalized spacial score (nSPS) is 9.88. The van der Waals surface area contributed by atoms with Gasteiger partial charge >= 0.3 is 0 Å². The SMILES string of the molecule is CCOc1cccc(C(=O)NC(=S)Nc2ccc([N+](=O)[O-])cc2)c1. The van der Waals surface area contributed by atoms with Crippen LogP contribution in [0.1, 0.15) is 17.3 Å². The standard InChI is InChI=1S/C16H15N3O4S/c1-2-23-14-5-3-4-11(10-14)15(20)18-16(24)17-12-6-8-13(9-7-12)19(21)22/h3-10H,2H2,1H3,(H2,17,18,20,24). The van der Waals surface area contributed by atoms with E-state index in [1.807, 2.05) is 6.92 Å². The zero-order valence-corrected chi connectivity index (χ0v) is 13.6. The van der Waals surface area contributed by atoms with Gasteiger partial charge in [-0.05, 0) is 49.5 Å². The monoisotopic (exact) mass is 345 g/mol. The van der Waals surface area contributed by atoms with Gasteiger partial charge in [-0.25, -0.2) is 0 Å². The summed E-state index contributed by atoms with van der Waals surface area (Å²) in [5.41, 5.74) is 0.922. The number of ether oxygens (including phenoxy) is 1. The lowest BCUT2D eigenvalue weighted by atomic mass is 10.2. The maximum absolute atomic E-state index is 12.2. The number of carbonyl (C=O) groups excluding carboxylic acids is 1. The van der Waals surface area contributed by atoms with Gasteiger partial charge in [-0.15, -0.1) is 0 Å². The highest BCUT2D eigenvalue weighted by atomic mass is 32.1. The van der Waals surface area contributed by atoms with Crippen molar-refractivity contribution in [2.45, 2.75) is 6.92 Å². The Bertz CT molecular complexity index is 762. The molecule has 0 radical (unpaired) electrons. The zero-order valence-electron chi connectivity index (χ0n) is 12.8. The molecule has 7 nitrogen and oxygen atoms in total. The van der Waals surface area contributed by atoms with Crippen molar-refractivity contribution in [3.63, 3.8) is 0 Å². The molecule has 0 spiro atoms. The third-order valence-corrected chi connectivity index (χ3v) is 3.17. The van der Waals surface area contributed by atoms with Crippen LogP contribution >= 0.6 is 12.2 Å². The third kappa shape index (κ3) is 4.75. The molecule has 0 unspecified atom stereocenters. The Labute approximate surface area is 143 Å². The second kappa shape index (κ2) is 8.02. The van der Waals surface area contributed by atoms with Crippen LogP contribution < -0.4 is 15.4 Å². The third-order valence-electron chi connectivity index (χ3n) is 2.97. The number of hydrogen-bond donors (Lipinski definition) is 2. The first-order valence-corrected chi connectivity index (χ1v) is 7.50. The molecular weight excluding hydrogens is 330 g/mol. The lowest BCUT2D eigenvalue weighted by molar-refractivity contribution is -0.384. The lowest BCUT2D eigenvalue weighted by Gasteiger charge is -2.10. The van der Waals surface area contributed by atoms with Crippen molar-refractivity contribution < 1.29 is 14.5 Å². The summed E-state index contributed by atoms with van der Waals surface area (Å²) in [4.78, 5) is 22.3. The van der Waals surface area contributed by atoms with Crippen molar-refractivity contribution >= 4 is 34.6 Å². The Balaban J connectivity index is 1.97. The molecule has 124 valence electrons. The van der Waals surface area contributed by atoms with Gasteiger partial charge in [0.05, 0.1) is 11.5 Å².